The van der Waals surface area contributed by atoms with Gasteiger partial charge in [-0.3, -0.25) is 0 Å². The van der Waals surface area contributed by atoms with Gasteiger partial charge in [0.2, 0.25) is 0 Å². The van der Waals surface area contributed by atoms with Crippen LogP contribution >= 0.6 is 27.7 Å². The first kappa shape index (κ1) is 13.4. The second-order valence-corrected chi connectivity index (χ2v) is 5.45. The second-order valence-electron chi connectivity index (χ2n) is 3.65. The molecule has 1 heterocycles. The molecule has 0 atom stereocenters. The third-order valence-electron chi connectivity index (χ3n) is 2.24. The maximum atomic E-state index is 13.7. The Morgan fingerprint density at radius 2 is 1.89 bits per heavy atom. The van der Waals surface area contributed by atoms with E-state index in [0.717, 1.165) is 5.56 Å². The fourth-order valence-corrected chi connectivity index (χ4v) is 2.46. The molecule has 2 nitrogen and oxygen atoms in total. The highest BCUT2D eigenvalue weighted by molar-refractivity contribution is 9.10. The molecule has 2 aromatic rings. The summed E-state index contributed by atoms with van der Waals surface area (Å²) in [5, 5.41) is 0.499. The molecule has 1 aromatic carbocycles. The Labute approximate surface area is 116 Å². The molecule has 0 amide bonds. The highest BCUT2D eigenvalue weighted by Crippen LogP contribution is 2.27. The van der Waals surface area contributed by atoms with Gasteiger partial charge in [-0.1, -0.05) is 11.8 Å². The van der Waals surface area contributed by atoms with Crippen LogP contribution in [0.2, 0.25) is 0 Å². The van der Waals surface area contributed by atoms with Gasteiger partial charge < -0.3 is 0 Å². The zero-order chi connectivity index (χ0) is 13.1. The van der Waals surface area contributed by atoms with Gasteiger partial charge in [-0.2, -0.15) is 0 Å². The normalized spacial score (nSPS) is 10.7. The number of rotatable bonds is 3. The molecule has 1 aromatic heterocycles. The maximum absolute atomic E-state index is 13.7. The molecule has 6 heteroatoms. The molecule has 0 aliphatic rings. The Morgan fingerprint density at radius 1 is 1.22 bits per heavy atom. The van der Waals surface area contributed by atoms with Crippen LogP contribution in [-0.4, -0.2) is 9.97 Å². The summed E-state index contributed by atoms with van der Waals surface area (Å²) in [7, 11) is 0. The van der Waals surface area contributed by atoms with Gasteiger partial charge in [-0.05, 0) is 40.5 Å². The lowest BCUT2D eigenvalue weighted by Crippen LogP contribution is -1.96. The van der Waals surface area contributed by atoms with Crippen LogP contribution in [0.25, 0.3) is 0 Å². The van der Waals surface area contributed by atoms with Gasteiger partial charge in [0.25, 0.3) is 0 Å². The molecule has 0 saturated carbocycles. The van der Waals surface area contributed by atoms with Crippen molar-refractivity contribution in [2.24, 2.45) is 0 Å². The van der Waals surface area contributed by atoms with Crippen LogP contribution in [0.4, 0.5) is 8.78 Å². The lowest BCUT2D eigenvalue weighted by Gasteiger charge is -2.05. The number of hydrogen-bond donors (Lipinski definition) is 0. The van der Waals surface area contributed by atoms with Crippen molar-refractivity contribution in [3.8, 4) is 0 Å². The molecule has 0 aliphatic heterocycles. The monoisotopic (exact) mass is 330 g/mol. The van der Waals surface area contributed by atoms with E-state index in [1.54, 1.807) is 12.4 Å². The maximum Gasteiger partial charge on any atom is 0.187 e. The van der Waals surface area contributed by atoms with Crippen molar-refractivity contribution in [1.29, 1.82) is 0 Å². The Morgan fingerprint density at radius 3 is 2.56 bits per heavy atom. The van der Waals surface area contributed by atoms with Crippen molar-refractivity contribution < 1.29 is 8.78 Å². The Kier molecular flexibility index (Phi) is 4.29. The SMILES string of the molecule is Cc1cnc(SCc2c(F)ccc(Br)c2F)nc1. The van der Waals surface area contributed by atoms with Crippen molar-refractivity contribution in [1.82, 2.24) is 9.97 Å². The summed E-state index contributed by atoms with van der Waals surface area (Å²) in [5.41, 5.74) is 0.970. The van der Waals surface area contributed by atoms with Gasteiger partial charge in [0, 0.05) is 23.7 Å². The third-order valence-corrected chi connectivity index (χ3v) is 3.76. The average Bonchev–Trinajstić information content (AvgIpc) is 2.36. The number of nitrogens with zero attached hydrogens (tertiary/aromatic N) is 2. The van der Waals surface area contributed by atoms with Crippen molar-refractivity contribution in [2.75, 3.05) is 0 Å². The highest BCUT2D eigenvalue weighted by atomic mass is 79.9. The minimum absolute atomic E-state index is 0.0264. The molecular formula is C12H9BrF2N2S. The summed E-state index contributed by atoms with van der Waals surface area (Å²) in [6.07, 6.45) is 3.34. The average molecular weight is 331 g/mol. The van der Waals surface area contributed by atoms with Gasteiger partial charge in [-0.25, -0.2) is 18.7 Å². The zero-order valence-corrected chi connectivity index (χ0v) is 11.9. The van der Waals surface area contributed by atoms with Crippen molar-refractivity contribution >= 4 is 27.7 Å². The van der Waals surface area contributed by atoms with E-state index in [1.165, 1.54) is 23.9 Å². The number of aromatic nitrogens is 2. The first-order valence-electron chi connectivity index (χ1n) is 5.11. The van der Waals surface area contributed by atoms with Crippen LogP contribution in [0, 0.1) is 18.6 Å². The largest absolute Gasteiger partial charge is 0.231 e. The molecule has 0 unspecified atom stereocenters. The van der Waals surface area contributed by atoms with Crippen LogP contribution in [0.5, 0.6) is 0 Å². The van der Waals surface area contributed by atoms with E-state index < -0.39 is 11.6 Å². The molecule has 2 rings (SSSR count). The molecule has 18 heavy (non-hydrogen) atoms. The highest BCUT2D eigenvalue weighted by Gasteiger charge is 2.13. The van der Waals surface area contributed by atoms with Crippen LogP contribution < -0.4 is 0 Å². The molecular weight excluding hydrogens is 322 g/mol. The van der Waals surface area contributed by atoms with Crippen LogP contribution in [0.3, 0.4) is 0 Å². The first-order valence-corrected chi connectivity index (χ1v) is 6.89. The van der Waals surface area contributed by atoms with E-state index >= 15 is 0 Å². The van der Waals surface area contributed by atoms with Crippen molar-refractivity contribution in [3.05, 3.63) is 51.8 Å². The predicted octanol–water partition coefficient (Wildman–Crippen LogP) is 4.12. The van der Waals surface area contributed by atoms with E-state index in [-0.39, 0.29) is 15.8 Å². The van der Waals surface area contributed by atoms with Gasteiger partial charge in [0.05, 0.1) is 4.47 Å². The minimum atomic E-state index is -0.574. The van der Waals surface area contributed by atoms with Crippen LogP contribution in [-0.2, 0) is 5.75 Å². The quantitative estimate of drug-likeness (QED) is 0.481. The third kappa shape index (κ3) is 3.05. The van der Waals surface area contributed by atoms with Crippen LogP contribution in [0.1, 0.15) is 11.1 Å². The zero-order valence-electron chi connectivity index (χ0n) is 9.45. The van der Waals surface area contributed by atoms with Crippen molar-refractivity contribution in [2.45, 2.75) is 17.8 Å². The summed E-state index contributed by atoms with van der Waals surface area (Å²) < 4.78 is 27.4. The summed E-state index contributed by atoms with van der Waals surface area (Å²) >= 11 is 4.23. The summed E-state index contributed by atoms with van der Waals surface area (Å²) in [5.74, 6) is -0.981. The molecule has 0 bridgehead atoms. The summed E-state index contributed by atoms with van der Waals surface area (Å²) in [6.45, 7) is 1.88. The minimum Gasteiger partial charge on any atom is -0.231 e. The molecule has 0 N–H and O–H groups in total. The number of halogens is 3. The van der Waals surface area contributed by atoms with Gasteiger partial charge >= 0.3 is 0 Å². The van der Waals surface area contributed by atoms with Gasteiger partial charge in [0.1, 0.15) is 11.6 Å². The lowest BCUT2D eigenvalue weighted by atomic mass is 10.2. The number of hydrogen-bond acceptors (Lipinski definition) is 3. The van der Waals surface area contributed by atoms with E-state index in [0.29, 0.717) is 5.16 Å². The standard InChI is InChI=1S/C12H9BrF2N2S/c1-7-4-16-12(17-5-7)18-6-8-10(14)3-2-9(13)11(8)15/h2-5H,6H2,1H3. The summed E-state index contributed by atoms with van der Waals surface area (Å²) in [4.78, 5) is 8.14. The van der Waals surface area contributed by atoms with Crippen molar-refractivity contribution in [3.63, 3.8) is 0 Å². The molecule has 94 valence electrons. The first-order chi connectivity index (χ1) is 8.58. The fourth-order valence-electron chi connectivity index (χ4n) is 1.29. The fraction of sp³-hybridized carbons (Fsp3) is 0.167. The Hall–Kier alpha value is -1.01. The molecule has 0 saturated heterocycles. The van der Waals surface area contributed by atoms with E-state index in [4.69, 9.17) is 0 Å². The van der Waals surface area contributed by atoms with Crippen LogP contribution in [0.15, 0.2) is 34.2 Å². The predicted molar refractivity (Wildman–Crippen MR) is 70.4 cm³/mol. The van der Waals surface area contributed by atoms with Gasteiger partial charge in [0.15, 0.2) is 5.16 Å². The molecule has 0 fully saturated rings. The molecule has 0 aliphatic carbocycles. The lowest BCUT2D eigenvalue weighted by molar-refractivity contribution is 0.562. The van der Waals surface area contributed by atoms with E-state index in [1.807, 2.05) is 6.92 Å². The smallest absolute Gasteiger partial charge is 0.187 e. The topological polar surface area (TPSA) is 25.8 Å². The summed E-state index contributed by atoms with van der Waals surface area (Å²) in [6, 6.07) is 2.58. The number of thioether (sulfide) groups is 1. The van der Waals surface area contributed by atoms with E-state index in [2.05, 4.69) is 25.9 Å². The van der Waals surface area contributed by atoms with E-state index in [9.17, 15) is 8.78 Å². The second kappa shape index (κ2) is 5.75. The number of aryl methyl sites for hydroxylation is 1. The van der Waals surface area contributed by atoms with Gasteiger partial charge in [-0.15, -0.1) is 0 Å². The Balaban J connectivity index is 2.15. The Bertz CT molecular complexity index is 561. The molecule has 0 spiro atoms. The molecule has 0 radical (unpaired) electrons. The number of benzene rings is 1.